The van der Waals surface area contributed by atoms with Gasteiger partial charge in [0.2, 0.25) is 0 Å². The van der Waals surface area contributed by atoms with Gasteiger partial charge in [0.05, 0.1) is 5.56 Å². The number of carbonyl (C=O) groups is 1. The quantitative estimate of drug-likeness (QED) is 0.823. The van der Waals surface area contributed by atoms with Crippen molar-refractivity contribution in [2.75, 3.05) is 5.32 Å². The summed E-state index contributed by atoms with van der Waals surface area (Å²) in [4.78, 5) is 19.2. The molecule has 0 radical (unpaired) electrons. The molecule has 2 aromatic rings. The zero-order chi connectivity index (χ0) is 12.1. The first-order valence-electron chi connectivity index (χ1n) is 5.15. The number of hydrogen-bond donors (Lipinski definition) is 2. The van der Waals surface area contributed by atoms with E-state index in [-0.39, 0.29) is 0 Å². The van der Waals surface area contributed by atoms with Crippen LogP contribution >= 0.6 is 0 Å². The average Bonchev–Trinajstić information content (AvgIpc) is 2.38. The van der Waals surface area contributed by atoms with Crippen molar-refractivity contribution in [3.8, 4) is 0 Å². The van der Waals surface area contributed by atoms with Crippen molar-refractivity contribution in [3.05, 3.63) is 54.0 Å². The molecule has 5 nitrogen and oxygen atoms in total. The lowest BCUT2D eigenvalue weighted by Crippen LogP contribution is -2.15. The summed E-state index contributed by atoms with van der Waals surface area (Å²) in [7, 11) is 0. The lowest BCUT2D eigenvalue weighted by atomic mass is 10.2. The maximum atomic E-state index is 11.2. The second-order valence-electron chi connectivity index (χ2n) is 3.48. The fourth-order valence-electron chi connectivity index (χ4n) is 1.43. The summed E-state index contributed by atoms with van der Waals surface area (Å²) in [5.74, 6) is -0.00404. The molecule has 0 atom stereocenters. The molecule has 2 heterocycles. The maximum Gasteiger partial charge on any atom is 0.252 e. The van der Waals surface area contributed by atoms with E-state index >= 15 is 0 Å². The van der Waals surface area contributed by atoms with Gasteiger partial charge in [-0.3, -0.25) is 9.78 Å². The Kier molecular flexibility index (Phi) is 3.30. The minimum Gasteiger partial charge on any atom is -0.365 e. The number of carbonyl (C=O) groups excluding carboxylic acids is 1. The predicted molar refractivity (Wildman–Crippen MR) is 64.3 cm³/mol. The van der Waals surface area contributed by atoms with Gasteiger partial charge in [-0.25, -0.2) is 4.98 Å². The van der Waals surface area contributed by atoms with Crippen molar-refractivity contribution < 1.29 is 4.79 Å². The lowest BCUT2D eigenvalue weighted by molar-refractivity contribution is 0.100. The first-order chi connectivity index (χ1) is 8.27. The Morgan fingerprint density at radius 1 is 1.29 bits per heavy atom. The number of primary amides is 1. The van der Waals surface area contributed by atoms with Crippen LogP contribution in [0, 0.1) is 0 Å². The monoisotopic (exact) mass is 228 g/mol. The van der Waals surface area contributed by atoms with E-state index in [0.717, 1.165) is 5.56 Å². The number of pyridine rings is 2. The number of nitrogens with one attached hydrogen (secondary N) is 1. The molecule has 2 aromatic heterocycles. The topological polar surface area (TPSA) is 80.9 Å². The van der Waals surface area contributed by atoms with Crippen LogP contribution < -0.4 is 11.1 Å². The number of hydrogen-bond acceptors (Lipinski definition) is 4. The lowest BCUT2D eigenvalue weighted by Gasteiger charge is -2.08. The molecule has 0 spiro atoms. The van der Waals surface area contributed by atoms with E-state index in [1.165, 1.54) is 0 Å². The molecule has 0 unspecified atom stereocenters. The van der Waals surface area contributed by atoms with E-state index in [1.54, 1.807) is 30.7 Å². The second kappa shape index (κ2) is 5.07. The largest absolute Gasteiger partial charge is 0.365 e. The molecule has 1 amide bonds. The van der Waals surface area contributed by atoms with Crippen LogP contribution in [-0.2, 0) is 6.54 Å². The molecule has 0 aliphatic carbocycles. The third kappa shape index (κ3) is 2.78. The fourth-order valence-corrected chi connectivity index (χ4v) is 1.43. The Morgan fingerprint density at radius 2 is 2.12 bits per heavy atom. The zero-order valence-corrected chi connectivity index (χ0v) is 9.13. The van der Waals surface area contributed by atoms with E-state index in [9.17, 15) is 4.79 Å². The zero-order valence-electron chi connectivity index (χ0n) is 9.13. The van der Waals surface area contributed by atoms with Gasteiger partial charge in [0.1, 0.15) is 5.82 Å². The Hall–Kier alpha value is -2.43. The molecule has 0 saturated carbocycles. The van der Waals surface area contributed by atoms with Crippen molar-refractivity contribution in [3.63, 3.8) is 0 Å². The Morgan fingerprint density at radius 3 is 2.82 bits per heavy atom. The summed E-state index contributed by atoms with van der Waals surface area (Å²) in [6, 6.07) is 7.10. The molecule has 3 N–H and O–H groups in total. The summed E-state index contributed by atoms with van der Waals surface area (Å²) in [6.45, 7) is 0.547. The summed E-state index contributed by atoms with van der Waals surface area (Å²) < 4.78 is 0. The second-order valence-corrected chi connectivity index (χ2v) is 3.48. The van der Waals surface area contributed by atoms with E-state index in [2.05, 4.69) is 15.3 Å². The average molecular weight is 228 g/mol. The van der Waals surface area contributed by atoms with Crippen LogP contribution in [-0.4, -0.2) is 15.9 Å². The van der Waals surface area contributed by atoms with E-state index in [0.29, 0.717) is 17.9 Å². The molecule has 17 heavy (non-hydrogen) atoms. The molecule has 0 aliphatic rings. The van der Waals surface area contributed by atoms with Crippen LogP contribution in [0.15, 0.2) is 42.9 Å². The SMILES string of the molecule is NC(=O)c1cccnc1NCc1cccnc1. The molecule has 86 valence electrons. The molecular formula is C12H12N4O. The van der Waals surface area contributed by atoms with Gasteiger partial charge in [-0.05, 0) is 23.8 Å². The normalized spacial score (nSPS) is 9.88. The summed E-state index contributed by atoms with van der Waals surface area (Å²) in [5.41, 5.74) is 6.65. The van der Waals surface area contributed by atoms with Gasteiger partial charge < -0.3 is 11.1 Å². The third-order valence-corrected chi connectivity index (χ3v) is 2.26. The number of nitrogens with two attached hydrogens (primary N) is 1. The summed E-state index contributed by atoms with van der Waals surface area (Å²) >= 11 is 0. The van der Waals surface area contributed by atoms with Crippen LogP contribution in [0.4, 0.5) is 5.82 Å². The summed E-state index contributed by atoms with van der Waals surface area (Å²) in [6.07, 6.45) is 5.07. The standard InChI is InChI=1S/C12H12N4O/c13-11(17)10-4-2-6-15-12(10)16-8-9-3-1-5-14-7-9/h1-7H,8H2,(H2,13,17)(H,15,16). The molecule has 5 heteroatoms. The fraction of sp³-hybridized carbons (Fsp3) is 0.0833. The number of nitrogens with zero attached hydrogens (tertiary/aromatic N) is 2. The Bertz CT molecular complexity index is 513. The van der Waals surface area contributed by atoms with Crippen LogP contribution in [0.2, 0.25) is 0 Å². The van der Waals surface area contributed by atoms with Gasteiger partial charge in [0, 0.05) is 25.1 Å². The minimum absolute atomic E-state index is 0.386. The molecule has 0 bridgehead atoms. The van der Waals surface area contributed by atoms with Crippen molar-refractivity contribution in [1.82, 2.24) is 9.97 Å². The predicted octanol–water partition coefficient (Wildman–Crippen LogP) is 1.19. The first-order valence-corrected chi connectivity index (χ1v) is 5.15. The number of rotatable bonds is 4. The minimum atomic E-state index is -0.494. The van der Waals surface area contributed by atoms with Crippen molar-refractivity contribution >= 4 is 11.7 Å². The van der Waals surface area contributed by atoms with Crippen molar-refractivity contribution in [2.24, 2.45) is 5.73 Å². The van der Waals surface area contributed by atoms with Gasteiger partial charge in [-0.1, -0.05) is 6.07 Å². The smallest absolute Gasteiger partial charge is 0.252 e. The Labute approximate surface area is 98.7 Å². The maximum absolute atomic E-state index is 11.2. The number of anilines is 1. The van der Waals surface area contributed by atoms with Crippen LogP contribution in [0.5, 0.6) is 0 Å². The highest BCUT2D eigenvalue weighted by molar-refractivity contribution is 5.97. The van der Waals surface area contributed by atoms with Gasteiger partial charge in [0.25, 0.3) is 5.91 Å². The van der Waals surface area contributed by atoms with Crippen LogP contribution in [0.25, 0.3) is 0 Å². The first kappa shape index (κ1) is 11.1. The highest BCUT2D eigenvalue weighted by Gasteiger charge is 2.07. The van der Waals surface area contributed by atoms with Crippen LogP contribution in [0.3, 0.4) is 0 Å². The third-order valence-electron chi connectivity index (χ3n) is 2.26. The highest BCUT2D eigenvalue weighted by Crippen LogP contribution is 2.11. The summed E-state index contributed by atoms with van der Waals surface area (Å²) in [5, 5.41) is 3.06. The molecule has 2 rings (SSSR count). The van der Waals surface area contributed by atoms with Gasteiger partial charge in [0.15, 0.2) is 0 Å². The number of amides is 1. The number of aromatic nitrogens is 2. The van der Waals surface area contributed by atoms with E-state index in [1.807, 2.05) is 12.1 Å². The highest BCUT2D eigenvalue weighted by atomic mass is 16.1. The molecule has 0 aliphatic heterocycles. The Balaban J connectivity index is 2.12. The van der Waals surface area contributed by atoms with Crippen molar-refractivity contribution in [1.29, 1.82) is 0 Å². The molecule has 0 saturated heterocycles. The molecule has 0 aromatic carbocycles. The van der Waals surface area contributed by atoms with E-state index in [4.69, 9.17) is 5.73 Å². The van der Waals surface area contributed by atoms with Gasteiger partial charge >= 0.3 is 0 Å². The van der Waals surface area contributed by atoms with E-state index < -0.39 is 5.91 Å². The van der Waals surface area contributed by atoms with Gasteiger partial charge in [-0.2, -0.15) is 0 Å². The van der Waals surface area contributed by atoms with Gasteiger partial charge in [-0.15, -0.1) is 0 Å². The molecular weight excluding hydrogens is 216 g/mol. The van der Waals surface area contributed by atoms with Crippen LogP contribution in [0.1, 0.15) is 15.9 Å². The van der Waals surface area contributed by atoms with Crippen molar-refractivity contribution in [2.45, 2.75) is 6.54 Å². The molecule has 0 fully saturated rings.